The van der Waals surface area contributed by atoms with Crippen LogP contribution in [-0.4, -0.2) is 48.0 Å². The van der Waals surface area contributed by atoms with Crippen molar-refractivity contribution < 1.29 is 9.59 Å². The van der Waals surface area contributed by atoms with Crippen LogP contribution in [0.3, 0.4) is 0 Å². The molecular weight excluding hydrogens is 452 g/mol. The summed E-state index contributed by atoms with van der Waals surface area (Å²) < 4.78 is 0. The minimum absolute atomic E-state index is 0.0763. The number of hydrogen-bond acceptors (Lipinski definition) is 6. The molecule has 0 saturated heterocycles. The minimum Gasteiger partial charge on any atom is -0.368 e. The van der Waals surface area contributed by atoms with Crippen LogP contribution in [0.5, 0.6) is 0 Å². The monoisotopic (exact) mass is 484 g/mol. The van der Waals surface area contributed by atoms with Crippen molar-refractivity contribution in [1.82, 2.24) is 20.6 Å². The lowest BCUT2D eigenvalue weighted by Crippen LogP contribution is -2.28. The maximum atomic E-state index is 12.1. The largest absolute Gasteiger partial charge is 0.368 e. The molecule has 2 amide bonds. The van der Waals surface area contributed by atoms with Crippen molar-refractivity contribution in [2.45, 2.75) is 13.8 Å². The van der Waals surface area contributed by atoms with Crippen LogP contribution >= 0.6 is 0 Å². The van der Waals surface area contributed by atoms with Crippen molar-refractivity contribution in [2.24, 2.45) is 0 Å². The van der Waals surface area contributed by atoms with Crippen LogP contribution in [0.15, 0.2) is 78.9 Å². The Labute approximate surface area is 212 Å². The van der Waals surface area contributed by atoms with Gasteiger partial charge >= 0.3 is 0 Å². The van der Waals surface area contributed by atoms with Crippen LogP contribution in [0.4, 0.5) is 11.6 Å². The zero-order chi connectivity index (χ0) is 25.6. The van der Waals surface area contributed by atoms with Gasteiger partial charge in [-0.25, -0.2) is 9.97 Å². The fraction of sp³-hybridized carbons (Fsp3) is 0.214. The SMILES string of the molecule is CC(=O)NCCNc1nc(-c2ccccc2)nc(NCCNC(=O)/C=C/C=C/c2ccccc2)c1C. The van der Waals surface area contributed by atoms with E-state index in [1.807, 2.05) is 79.7 Å². The number of aromatic nitrogens is 2. The van der Waals surface area contributed by atoms with Crippen molar-refractivity contribution >= 4 is 29.5 Å². The van der Waals surface area contributed by atoms with Crippen molar-refractivity contribution in [2.75, 3.05) is 36.8 Å². The Kier molecular flexibility index (Phi) is 10.2. The molecule has 0 aliphatic rings. The molecule has 186 valence electrons. The molecule has 0 aliphatic carbocycles. The minimum atomic E-state index is -0.167. The molecule has 1 heterocycles. The van der Waals surface area contributed by atoms with Crippen LogP contribution in [-0.2, 0) is 9.59 Å². The van der Waals surface area contributed by atoms with E-state index in [0.29, 0.717) is 43.6 Å². The topological polar surface area (TPSA) is 108 Å². The summed E-state index contributed by atoms with van der Waals surface area (Å²) in [4.78, 5) is 32.6. The summed E-state index contributed by atoms with van der Waals surface area (Å²) in [6.07, 6.45) is 6.99. The molecule has 4 N–H and O–H groups in total. The summed E-state index contributed by atoms with van der Waals surface area (Å²) in [6, 6.07) is 19.6. The van der Waals surface area contributed by atoms with Gasteiger partial charge in [-0.05, 0) is 12.5 Å². The van der Waals surface area contributed by atoms with Gasteiger partial charge in [-0.3, -0.25) is 9.59 Å². The highest BCUT2D eigenvalue weighted by atomic mass is 16.2. The Morgan fingerprint density at radius 1 is 0.778 bits per heavy atom. The predicted octanol–water partition coefficient (Wildman–Crippen LogP) is 3.80. The average Bonchev–Trinajstić information content (AvgIpc) is 2.89. The van der Waals surface area contributed by atoms with E-state index >= 15 is 0 Å². The molecule has 8 nitrogen and oxygen atoms in total. The Bertz CT molecular complexity index is 1190. The van der Waals surface area contributed by atoms with Crippen molar-refractivity contribution in [3.05, 3.63) is 90.0 Å². The molecule has 36 heavy (non-hydrogen) atoms. The molecule has 0 bridgehead atoms. The lowest BCUT2D eigenvalue weighted by molar-refractivity contribution is -0.119. The normalized spacial score (nSPS) is 10.9. The number of carbonyl (C=O) groups is 2. The summed E-state index contributed by atoms with van der Waals surface area (Å²) in [6.45, 7) is 5.37. The van der Waals surface area contributed by atoms with Crippen LogP contribution in [0.25, 0.3) is 17.5 Å². The predicted molar refractivity (Wildman–Crippen MR) is 145 cm³/mol. The van der Waals surface area contributed by atoms with Gasteiger partial charge in [-0.15, -0.1) is 0 Å². The smallest absolute Gasteiger partial charge is 0.244 e. The van der Waals surface area contributed by atoms with E-state index in [2.05, 4.69) is 26.3 Å². The number of nitrogens with one attached hydrogen (secondary N) is 4. The van der Waals surface area contributed by atoms with E-state index < -0.39 is 0 Å². The summed E-state index contributed by atoms with van der Waals surface area (Å²) >= 11 is 0. The van der Waals surface area contributed by atoms with Crippen molar-refractivity contribution in [3.63, 3.8) is 0 Å². The molecule has 3 rings (SSSR count). The third-order valence-corrected chi connectivity index (χ3v) is 5.13. The summed E-state index contributed by atoms with van der Waals surface area (Å²) in [5.74, 6) is 1.71. The molecule has 1 aromatic heterocycles. The maximum Gasteiger partial charge on any atom is 0.244 e. The summed E-state index contributed by atoms with van der Waals surface area (Å²) in [5, 5.41) is 12.2. The lowest BCUT2D eigenvalue weighted by Gasteiger charge is -2.15. The highest BCUT2D eigenvalue weighted by Gasteiger charge is 2.12. The fourth-order valence-electron chi connectivity index (χ4n) is 3.30. The average molecular weight is 485 g/mol. The Hall–Kier alpha value is -4.46. The number of rotatable bonds is 12. The Morgan fingerprint density at radius 3 is 1.97 bits per heavy atom. The van der Waals surface area contributed by atoms with E-state index in [1.54, 1.807) is 6.08 Å². The zero-order valence-electron chi connectivity index (χ0n) is 20.6. The summed E-state index contributed by atoms with van der Waals surface area (Å²) in [5.41, 5.74) is 2.83. The Balaban J connectivity index is 1.57. The molecule has 0 aliphatic heterocycles. The number of anilines is 2. The first-order chi connectivity index (χ1) is 17.5. The third kappa shape index (κ3) is 8.72. The highest BCUT2D eigenvalue weighted by Crippen LogP contribution is 2.24. The second-order valence-electron chi connectivity index (χ2n) is 7.99. The van der Waals surface area contributed by atoms with Gasteiger partial charge < -0.3 is 21.3 Å². The molecule has 8 heteroatoms. The first-order valence-corrected chi connectivity index (χ1v) is 11.9. The lowest BCUT2D eigenvalue weighted by atomic mass is 10.2. The van der Waals surface area contributed by atoms with Crippen molar-refractivity contribution in [3.8, 4) is 11.4 Å². The second kappa shape index (κ2) is 14.1. The van der Waals surface area contributed by atoms with Gasteiger partial charge in [0, 0.05) is 50.3 Å². The molecule has 2 aromatic carbocycles. The number of hydrogen-bond donors (Lipinski definition) is 4. The first-order valence-electron chi connectivity index (χ1n) is 11.9. The molecule has 0 fully saturated rings. The number of nitrogens with zero attached hydrogens (tertiary/aromatic N) is 2. The van der Waals surface area contributed by atoms with E-state index in [1.165, 1.54) is 13.0 Å². The van der Waals surface area contributed by atoms with Crippen molar-refractivity contribution in [1.29, 1.82) is 0 Å². The van der Waals surface area contributed by atoms with Gasteiger partial charge in [-0.1, -0.05) is 78.9 Å². The Morgan fingerprint density at radius 2 is 1.36 bits per heavy atom. The number of carbonyl (C=O) groups excluding carboxylic acids is 2. The standard InChI is InChI=1S/C28H32N6O2/c1-21-26(31-19-17-29-22(2)35)33-28(24-14-7-4-8-15-24)34-27(21)32-20-18-30-25(36)16-10-9-13-23-11-5-3-6-12-23/h3-16H,17-20H2,1-2H3,(H,29,35)(H,30,36)(H2,31,32,33,34)/b13-9+,16-10+. The van der Waals surface area contributed by atoms with Gasteiger partial charge in [0.05, 0.1) is 0 Å². The first kappa shape index (κ1) is 26.2. The second-order valence-corrected chi connectivity index (χ2v) is 7.99. The van der Waals surface area contributed by atoms with Gasteiger partial charge in [0.25, 0.3) is 0 Å². The maximum absolute atomic E-state index is 12.1. The third-order valence-electron chi connectivity index (χ3n) is 5.13. The van der Waals surface area contributed by atoms with Gasteiger partial charge in [0.1, 0.15) is 11.6 Å². The van der Waals surface area contributed by atoms with E-state index in [-0.39, 0.29) is 11.8 Å². The van der Waals surface area contributed by atoms with Gasteiger partial charge in [0.15, 0.2) is 5.82 Å². The fourth-order valence-corrected chi connectivity index (χ4v) is 3.30. The molecular formula is C28H32N6O2. The van der Waals surface area contributed by atoms with E-state index in [0.717, 1.165) is 16.7 Å². The number of benzene rings is 2. The molecule has 3 aromatic rings. The van der Waals surface area contributed by atoms with E-state index in [9.17, 15) is 9.59 Å². The molecule has 0 spiro atoms. The molecule has 0 atom stereocenters. The molecule has 0 radical (unpaired) electrons. The van der Waals surface area contributed by atoms with Gasteiger partial charge in [-0.2, -0.15) is 0 Å². The quantitative estimate of drug-likeness (QED) is 0.177. The van der Waals surface area contributed by atoms with Crippen LogP contribution < -0.4 is 21.3 Å². The number of amides is 2. The molecule has 0 saturated carbocycles. The van der Waals surface area contributed by atoms with Crippen LogP contribution in [0.1, 0.15) is 18.1 Å². The van der Waals surface area contributed by atoms with E-state index in [4.69, 9.17) is 4.98 Å². The number of allylic oxidation sites excluding steroid dienone is 2. The zero-order valence-corrected chi connectivity index (χ0v) is 20.6. The highest BCUT2D eigenvalue weighted by molar-refractivity contribution is 5.87. The summed E-state index contributed by atoms with van der Waals surface area (Å²) in [7, 11) is 0. The molecule has 0 unspecified atom stereocenters. The van der Waals surface area contributed by atoms with Gasteiger partial charge in [0.2, 0.25) is 11.8 Å². The van der Waals surface area contributed by atoms with Crippen LogP contribution in [0.2, 0.25) is 0 Å². The van der Waals surface area contributed by atoms with Crippen LogP contribution in [0, 0.1) is 6.92 Å².